The second kappa shape index (κ2) is 6.04. The van der Waals surface area contributed by atoms with Crippen molar-refractivity contribution in [3.8, 4) is 11.5 Å². The highest BCUT2D eigenvalue weighted by Gasteiger charge is 2.21. The molecule has 8 nitrogen and oxygen atoms in total. The standard InChI is InChI=1S/C16H16N4O4/c21-14(22)2-1-5-20-13-8-17-11-3-6-23-9-10(11)15(13)18-16(20)12-4-7-24-19-12/h4,7-8H,1-3,5-6,9H2,(H,21,22). The molecule has 0 spiro atoms. The van der Waals surface area contributed by atoms with E-state index in [9.17, 15) is 4.79 Å². The van der Waals surface area contributed by atoms with Crippen LogP contribution in [0.4, 0.5) is 0 Å². The molecular formula is C16H16N4O4. The third kappa shape index (κ3) is 2.54. The number of pyridine rings is 1. The Balaban J connectivity index is 1.83. The van der Waals surface area contributed by atoms with Crippen molar-refractivity contribution in [2.24, 2.45) is 0 Å². The summed E-state index contributed by atoms with van der Waals surface area (Å²) in [7, 11) is 0. The van der Waals surface area contributed by atoms with Crippen molar-refractivity contribution < 1.29 is 19.2 Å². The quantitative estimate of drug-likeness (QED) is 0.764. The minimum absolute atomic E-state index is 0.0966. The second-order valence-electron chi connectivity index (χ2n) is 5.69. The number of hydrogen-bond acceptors (Lipinski definition) is 6. The van der Waals surface area contributed by atoms with E-state index in [1.165, 1.54) is 6.26 Å². The molecular weight excluding hydrogens is 312 g/mol. The van der Waals surface area contributed by atoms with Gasteiger partial charge < -0.3 is 18.9 Å². The van der Waals surface area contributed by atoms with E-state index in [1.54, 1.807) is 12.3 Å². The molecule has 0 aromatic carbocycles. The summed E-state index contributed by atoms with van der Waals surface area (Å²) in [5.41, 5.74) is 4.33. The normalized spacial score (nSPS) is 14.0. The van der Waals surface area contributed by atoms with Gasteiger partial charge in [0, 0.05) is 31.0 Å². The summed E-state index contributed by atoms with van der Waals surface area (Å²) in [5, 5.41) is 12.9. The molecule has 24 heavy (non-hydrogen) atoms. The number of aliphatic carboxylic acids is 1. The average Bonchev–Trinajstić information content (AvgIpc) is 3.22. The third-order valence-electron chi connectivity index (χ3n) is 4.15. The molecule has 4 rings (SSSR count). The fourth-order valence-corrected chi connectivity index (χ4v) is 3.02. The van der Waals surface area contributed by atoms with Gasteiger partial charge in [0.25, 0.3) is 0 Å². The lowest BCUT2D eigenvalue weighted by Gasteiger charge is -2.15. The predicted molar refractivity (Wildman–Crippen MR) is 83.3 cm³/mol. The van der Waals surface area contributed by atoms with Crippen molar-refractivity contribution >= 4 is 17.0 Å². The summed E-state index contributed by atoms with van der Waals surface area (Å²) in [4.78, 5) is 20.1. The lowest BCUT2D eigenvalue weighted by molar-refractivity contribution is -0.137. The van der Waals surface area contributed by atoms with E-state index >= 15 is 0 Å². The van der Waals surface area contributed by atoms with E-state index in [1.807, 2.05) is 4.57 Å². The topological polar surface area (TPSA) is 103 Å². The maximum Gasteiger partial charge on any atom is 0.303 e. The molecule has 0 aliphatic carbocycles. The molecule has 0 radical (unpaired) electrons. The smallest absolute Gasteiger partial charge is 0.303 e. The van der Waals surface area contributed by atoms with Gasteiger partial charge in [-0.25, -0.2) is 4.98 Å². The second-order valence-corrected chi connectivity index (χ2v) is 5.69. The van der Waals surface area contributed by atoms with E-state index in [4.69, 9.17) is 19.4 Å². The molecule has 1 aliphatic heterocycles. The maximum atomic E-state index is 10.8. The lowest BCUT2D eigenvalue weighted by Crippen LogP contribution is -2.12. The number of aryl methyl sites for hydroxylation is 1. The number of carboxylic acid groups (broad SMARTS) is 1. The highest BCUT2D eigenvalue weighted by atomic mass is 16.5. The number of nitrogens with zero attached hydrogens (tertiary/aromatic N) is 4. The first-order valence-corrected chi connectivity index (χ1v) is 7.81. The zero-order chi connectivity index (χ0) is 16.5. The Kier molecular flexibility index (Phi) is 3.73. The molecule has 0 bridgehead atoms. The summed E-state index contributed by atoms with van der Waals surface area (Å²) in [6.07, 6.45) is 4.67. The van der Waals surface area contributed by atoms with E-state index in [0.717, 1.165) is 28.7 Å². The number of carbonyl (C=O) groups is 1. The molecule has 8 heteroatoms. The van der Waals surface area contributed by atoms with Crippen molar-refractivity contribution in [3.63, 3.8) is 0 Å². The molecule has 0 atom stereocenters. The van der Waals surface area contributed by atoms with Gasteiger partial charge in [-0.2, -0.15) is 0 Å². The van der Waals surface area contributed by atoms with Gasteiger partial charge in [-0.3, -0.25) is 9.78 Å². The van der Waals surface area contributed by atoms with Crippen LogP contribution < -0.4 is 0 Å². The highest BCUT2D eigenvalue weighted by Crippen LogP contribution is 2.29. The first-order chi connectivity index (χ1) is 11.7. The van der Waals surface area contributed by atoms with Crippen LogP contribution in [0.3, 0.4) is 0 Å². The van der Waals surface area contributed by atoms with Gasteiger partial charge >= 0.3 is 5.97 Å². The van der Waals surface area contributed by atoms with Crippen LogP contribution in [0.2, 0.25) is 0 Å². The predicted octanol–water partition coefficient (Wildman–Crippen LogP) is 2.02. The van der Waals surface area contributed by atoms with Crippen molar-refractivity contribution in [2.45, 2.75) is 32.4 Å². The summed E-state index contributed by atoms with van der Waals surface area (Å²) in [6, 6.07) is 1.74. The van der Waals surface area contributed by atoms with E-state index in [0.29, 0.717) is 37.7 Å². The SMILES string of the molecule is O=C(O)CCCn1c(-c2ccon2)nc2c3c(ncc21)CCOC3. The van der Waals surface area contributed by atoms with Crippen molar-refractivity contribution in [1.29, 1.82) is 0 Å². The van der Waals surface area contributed by atoms with Crippen LogP contribution in [0.5, 0.6) is 0 Å². The summed E-state index contributed by atoms with van der Waals surface area (Å²) in [6.45, 7) is 1.68. The monoisotopic (exact) mass is 328 g/mol. The molecule has 0 unspecified atom stereocenters. The lowest BCUT2D eigenvalue weighted by atomic mass is 10.1. The number of rotatable bonds is 5. The first-order valence-electron chi connectivity index (χ1n) is 7.81. The molecule has 3 aromatic heterocycles. The molecule has 4 heterocycles. The van der Waals surface area contributed by atoms with Crippen LogP contribution in [0.25, 0.3) is 22.6 Å². The van der Waals surface area contributed by atoms with Gasteiger partial charge in [0.05, 0.1) is 36.1 Å². The van der Waals surface area contributed by atoms with Crippen LogP contribution >= 0.6 is 0 Å². The Morgan fingerprint density at radius 3 is 3.12 bits per heavy atom. The molecule has 0 saturated carbocycles. The van der Waals surface area contributed by atoms with Crippen LogP contribution in [0, 0.1) is 0 Å². The first kappa shape index (κ1) is 14.8. The van der Waals surface area contributed by atoms with Crippen molar-refractivity contribution in [2.75, 3.05) is 6.61 Å². The largest absolute Gasteiger partial charge is 0.481 e. The van der Waals surface area contributed by atoms with Gasteiger partial charge in [-0.05, 0) is 6.42 Å². The zero-order valence-corrected chi connectivity index (χ0v) is 12.9. The Hall–Kier alpha value is -2.74. The van der Waals surface area contributed by atoms with Gasteiger partial charge in [0.15, 0.2) is 5.82 Å². The molecule has 1 N–H and O–H groups in total. The number of imidazole rings is 1. The number of fused-ring (bicyclic) bond motifs is 3. The van der Waals surface area contributed by atoms with Crippen molar-refractivity contribution in [1.82, 2.24) is 19.7 Å². The number of hydrogen-bond donors (Lipinski definition) is 1. The highest BCUT2D eigenvalue weighted by molar-refractivity contribution is 5.83. The fourth-order valence-electron chi connectivity index (χ4n) is 3.02. The van der Waals surface area contributed by atoms with Crippen LogP contribution in [-0.4, -0.2) is 37.4 Å². The Morgan fingerprint density at radius 1 is 1.42 bits per heavy atom. The zero-order valence-electron chi connectivity index (χ0n) is 12.9. The van der Waals surface area contributed by atoms with Crippen LogP contribution in [-0.2, 0) is 29.1 Å². The van der Waals surface area contributed by atoms with Gasteiger partial charge in [-0.15, -0.1) is 0 Å². The minimum Gasteiger partial charge on any atom is -0.481 e. The minimum atomic E-state index is -0.814. The molecule has 1 aliphatic rings. The van der Waals surface area contributed by atoms with E-state index < -0.39 is 5.97 Å². The average molecular weight is 328 g/mol. The Labute approximate surface area is 137 Å². The Bertz CT molecular complexity index is 885. The number of carboxylic acids is 1. The summed E-state index contributed by atoms with van der Waals surface area (Å²) < 4.78 is 12.4. The maximum absolute atomic E-state index is 10.8. The molecule has 3 aromatic rings. The number of aromatic nitrogens is 4. The molecule has 124 valence electrons. The van der Waals surface area contributed by atoms with Crippen molar-refractivity contribution in [3.05, 3.63) is 29.8 Å². The Morgan fingerprint density at radius 2 is 2.33 bits per heavy atom. The third-order valence-corrected chi connectivity index (χ3v) is 4.15. The number of ether oxygens (including phenoxy) is 1. The van der Waals surface area contributed by atoms with Gasteiger partial charge in [-0.1, -0.05) is 5.16 Å². The summed E-state index contributed by atoms with van der Waals surface area (Å²) >= 11 is 0. The van der Waals surface area contributed by atoms with Gasteiger partial charge in [0.2, 0.25) is 0 Å². The fraction of sp³-hybridized carbons (Fsp3) is 0.375. The van der Waals surface area contributed by atoms with E-state index in [2.05, 4.69) is 10.1 Å². The molecule has 0 fully saturated rings. The van der Waals surface area contributed by atoms with Gasteiger partial charge in [0.1, 0.15) is 12.0 Å². The van der Waals surface area contributed by atoms with Crippen LogP contribution in [0.15, 0.2) is 23.0 Å². The summed E-state index contributed by atoms with van der Waals surface area (Å²) in [5.74, 6) is -0.156. The molecule has 0 saturated heterocycles. The van der Waals surface area contributed by atoms with Crippen LogP contribution in [0.1, 0.15) is 24.1 Å². The van der Waals surface area contributed by atoms with E-state index in [-0.39, 0.29) is 6.42 Å². The molecule has 0 amide bonds.